The molecule has 0 unspecified atom stereocenters. The summed E-state index contributed by atoms with van der Waals surface area (Å²) in [6, 6.07) is 14.8. The second kappa shape index (κ2) is 11.5. The smallest absolute Gasteiger partial charge is 0.335 e. The van der Waals surface area contributed by atoms with Gasteiger partial charge in [-0.3, -0.25) is 14.9 Å². The summed E-state index contributed by atoms with van der Waals surface area (Å²) in [7, 11) is 0. The van der Waals surface area contributed by atoms with Gasteiger partial charge < -0.3 is 9.47 Å². The van der Waals surface area contributed by atoms with Gasteiger partial charge in [-0.05, 0) is 95.6 Å². The van der Waals surface area contributed by atoms with Crippen LogP contribution in [-0.2, 0) is 16.2 Å². The molecule has 0 spiro atoms. The van der Waals surface area contributed by atoms with Crippen LogP contribution in [-0.4, -0.2) is 24.5 Å². The van der Waals surface area contributed by atoms with Gasteiger partial charge in [0.05, 0.1) is 15.9 Å². The number of urea groups is 1. The molecule has 7 nitrogen and oxygen atoms in total. The van der Waals surface area contributed by atoms with E-state index in [9.17, 15) is 14.4 Å². The number of carbonyl (C=O) groups excluding carboxylic acids is 3. The molecule has 10 heteroatoms. The monoisotopic (exact) mass is 650 g/mol. The lowest BCUT2D eigenvalue weighted by molar-refractivity contribution is -0.122. The van der Waals surface area contributed by atoms with E-state index in [1.165, 1.54) is 12.1 Å². The maximum Gasteiger partial charge on any atom is 0.335 e. The maximum atomic E-state index is 13.3. The van der Waals surface area contributed by atoms with Crippen molar-refractivity contribution in [1.29, 1.82) is 0 Å². The number of nitrogens with one attached hydrogen (secondary N) is 1. The van der Waals surface area contributed by atoms with Crippen molar-refractivity contribution in [3.8, 4) is 11.5 Å². The van der Waals surface area contributed by atoms with E-state index >= 15 is 0 Å². The van der Waals surface area contributed by atoms with Gasteiger partial charge in [0.25, 0.3) is 11.8 Å². The van der Waals surface area contributed by atoms with Gasteiger partial charge in [0.15, 0.2) is 11.5 Å². The Hall–Kier alpha value is -3.08. The molecule has 0 bridgehead atoms. The van der Waals surface area contributed by atoms with Crippen LogP contribution in [0.15, 0.2) is 60.2 Å². The van der Waals surface area contributed by atoms with E-state index in [2.05, 4.69) is 27.9 Å². The third-order valence-electron chi connectivity index (χ3n) is 5.45. The largest absolute Gasteiger partial charge is 0.490 e. The normalized spacial score (nSPS) is 14.7. The summed E-state index contributed by atoms with van der Waals surface area (Å²) in [5.41, 5.74) is 2.20. The number of halogens is 3. The minimum Gasteiger partial charge on any atom is -0.490 e. The van der Waals surface area contributed by atoms with E-state index in [-0.39, 0.29) is 5.57 Å². The highest BCUT2D eigenvalue weighted by atomic mass is 127. The Morgan fingerprint density at radius 3 is 2.38 bits per heavy atom. The quantitative estimate of drug-likeness (QED) is 0.178. The Morgan fingerprint density at radius 1 is 0.973 bits per heavy atom. The summed E-state index contributed by atoms with van der Waals surface area (Å²) in [6.07, 6.45) is 1.42. The van der Waals surface area contributed by atoms with Gasteiger partial charge in [0.2, 0.25) is 0 Å². The Bertz CT molecular complexity index is 1420. The SMILES string of the molecule is CCOc1cc(/C=C2\C(=O)NC(=O)N(c3cc(Cl)ccc3C)C2=O)cc(I)c1OCc1ccc(Cl)cc1. The average Bonchev–Trinajstić information content (AvgIpc) is 2.84. The number of ether oxygens (including phenoxy) is 2. The summed E-state index contributed by atoms with van der Waals surface area (Å²) in [5.74, 6) is -0.556. The number of hydrogen-bond donors (Lipinski definition) is 1. The first-order chi connectivity index (χ1) is 17.7. The van der Waals surface area contributed by atoms with Crippen LogP contribution in [0.2, 0.25) is 10.0 Å². The Morgan fingerprint density at radius 2 is 1.68 bits per heavy atom. The summed E-state index contributed by atoms with van der Waals surface area (Å²) >= 11 is 14.2. The van der Waals surface area contributed by atoms with Crippen molar-refractivity contribution in [1.82, 2.24) is 5.32 Å². The fraction of sp³-hybridized carbons (Fsp3) is 0.148. The Balaban J connectivity index is 1.67. The molecule has 3 aromatic carbocycles. The standard InChI is InChI=1S/C27H21Cl2IN2O5/c1-3-36-23-12-17(11-21(30)24(23)37-14-16-5-8-18(28)9-6-16)10-20-25(33)31-27(35)32(26(20)34)22-13-19(29)7-4-15(22)2/h4-13H,3,14H2,1-2H3,(H,31,33,35)/b20-10+. The minimum atomic E-state index is -0.840. The summed E-state index contributed by atoms with van der Waals surface area (Å²) in [4.78, 5) is 39.5. The van der Waals surface area contributed by atoms with Gasteiger partial charge in [0, 0.05) is 10.0 Å². The predicted molar refractivity (Wildman–Crippen MR) is 151 cm³/mol. The number of benzene rings is 3. The van der Waals surface area contributed by atoms with Crippen molar-refractivity contribution in [3.05, 3.63) is 90.5 Å². The Kier molecular flexibility index (Phi) is 8.41. The van der Waals surface area contributed by atoms with Crippen molar-refractivity contribution in [2.24, 2.45) is 0 Å². The van der Waals surface area contributed by atoms with Crippen LogP contribution in [0.4, 0.5) is 10.5 Å². The van der Waals surface area contributed by atoms with Crippen LogP contribution in [0, 0.1) is 10.5 Å². The zero-order chi connectivity index (χ0) is 26.7. The molecule has 1 aliphatic rings. The molecular formula is C27H21Cl2IN2O5. The van der Waals surface area contributed by atoms with Crippen LogP contribution in [0.3, 0.4) is 0 Å². The number of carbonyl (C=O) groups is 3. The first-order valence-corrected chi connectivity index (χ1v) is 13.0. The molecule has 0 atom stereocenters. The molecule has 1 saturated heterocycles. The molecule has 1 fully saturated rings. The van der Waals surface area contributed by atoms with Crippen molar-refractivity contribution >= 4 is 75.4 Å². The summed E-state index contributed by atoms with van der Waals surface area (Å²) < 4.78 is 12.6. The lowest BCUT2D eigenvalue weighted by Crippen LogP contribution is -2.54. The topological polar surface area (TPSA) is 84.9 Å². The van der Waals surface area contributed by atoms with E-state index in [0.29, 0.717) is 55.1 Å². The first-order valence-electron chi connectivity index (χ1n) is 11.2. The highest BCUT2D eigenvalue weighted by Crippen LogP contribution is 2.36. The van der Waals surface area contributed by atoms with Crippen molar-refractivity contribution in [2.75, 3.05) is 11.5 Å². The lowest BCUT2D eigenvalue weighted by Gasteiger charge is -2.27. The van der Waals surface area contributed by atoms with E-state index < -0.39 is 17.8 Å². The molecule has 0 aromatic heterocycles. The molecule has 37 heavy (non-hydrogen) atoms. The minimum absolute atomic E-state index is 0.202. The van der Waals surface area contributed by atoms with E-state index in [1.807, 2.05) is 19.1 Å². The van der Waals surface area contributed by atoms with Gasteiger partial charge in [0.1, 0.15) is 12.2 Å². The lowest BCUT2D eigenvalue weighted by atomic mass is 10.1. The van der Waals surface area contributed by atoms with Crippen LogP contribution >= 0.6 is 45.8 Å². The van der Waals surface area contributed by atoms with Gasteiger partial charge in [-0.2, -0.15) is 0 Å². The van der Waals surface area contributed by atoms with Gasteiger partial charge >= 0.3 is 6.03 Å². The molecule has 1 aliphatic heterocycles. The maximum absolute atomic E-state index is 13.3. The van der Waals surface area contributed by atoms with Crippen LogP contribution < -0.4 is 19.7 Å². The molecule has 1 heterocycles. The fourth-order valence-electron chi connectivity index (χ4n) is 3.68. The summed E-state index contributed by atoms with van der Waals surface area (Å²) in [6.45, 7) is 4.26. The van der Waals surface area contributed by atoms with Crippen LogP contribution in [0.1, 0.15) is 23.6 Å². The van der Waals surface area contributed by atoms with Crippen LogP contribution in [0.5, 0.6) is 11.5 Å². The third-order valence-corrected chi connectivity index (χ3v) is 6.74. The van der Waals surface area contributed by atoms with Crippen LogP contribution in [0.25, 0.3) is 6.08 Å². The second-order valence-corrected chi connectivity index (χ2v) is 10.1. The number of hydrogen-bond acceptors (Lipinski definition) is 5. The van der Waals surface area contributed by atoms with Crippen molar-refractivity contribution in [2.45, 2.75) is 20.5 Å². The molecule has 0 saturated carbocycles. The molecule has 4 amide bonds. The highest BCUT2D eigenvalue weighted by Gasteiger charge is 2.37. The Labute approximate surface area is 237 Å². The number of aryl methyl sites for hydroxylation is 1. The summed E-state index contributed by atoms with van der Waals surface area (Å²) in [5, 5.41) is 3.22. The van der Waals surface area contributed by atoms with Gasteiger partial charge in [-0.1, -0.05) is 41.4 Å². The van der Waals surface area contributed by atoms with E-state index in [1.54, 1.807) is 43.3 Å². The number of amides is 4. The molecule has 4 rings (SSSR count). The molecular weight excluding hydrogens is 630 g/mol. The number of nitrogens with zero attached hydrogens (tertiary/aromatic N) is 1. The molecule has 190 valence electrons. The molecule has 0 radical (unpaired) electrons. The van der Waals surface area contributed by atoms with Crippen molar-refractivity contribution < 1.29 is 23.9 Å². The van der Waals surface area contributed by atoms with Gasteiger partial charge in [-0.25, -0.2) is 9.69 Å². The average molecular weight is 651 g/mol. The number of barbiturate groups is 1. The van der Waals surface area contributed by atoms with E-state index in [0.717, 1.165) is 10.5 Å². The molecule has 0 aliphatic carbocycles. The third kappa shape index (κ3) is 6.08. The highest BCUT2D eigenvalue weighted by molar-refractivity contribution is 14.1. The number of imide groups is 2. The molecule has 3 aromatic rings. The second-order valence-electron chi connectivity index (χ2n) is 8.07. The number of anilines is 1. The van der Waals surface area contributed by atoms with Crippen molar-refractivity contribution in [3.63, 3.8) is 0 Å². The first kappa shape index (κ1) is 27.0. The molecule has 1 N–H and O–H groups in total. The zero-order valence-electron chi connectivity index (χ0n) is 19.8. The van der Waals surface area contributed by atoms with E-state index in [4.69, 9.17) is 32.7 Å². The fourth-order valence-corrected chi connectivity index (χ4v) is 4.75. The van der Waals surface area contributed by atoms with Gasteiger partial charge in [-0.15, -0.1) is 0 Å². The predicted octanol–water partition coefficient (Wildman–Crippen LogP) is 6.55. The number of rotatable bonds is 7. The zero-order valence-corrected chi connectivity index (χ0v) is 23.5.